The quantitative estimate of drug-likeness (QED) is 0.263. The molecule has 0 aromatic carbocycles. The molecule has 6 rings (SSSR count). The molecule has 4 aliphatic carbocycles. The van der Waals surface area contributed by atoms with Crippen LogP contribution in [0.25, 0.3) is 0 Å². The number of aromatic nitrogens is 4. The van der Waals surface area contributed by atoms with Crippen molar-refractivity contribution < 1.29 is 19.4 Å². The van der Waals surface area contributed by atoms with Crippen molar-refractivity contribution in [1.29, 1.82) is 0 Å². The topological polar surface area (TPSA) is 136 Å². The summed E-state index contributed by atoms with van der Waals surface area (Å²) in [6.07, 6.45) is 10.4. The summed E-state index contributed by atoms with van der Waals surface area (Å²) in [6, 6.07) is 0. The molecule has 0 amide bonds. The van der Waals surface area contributed by atoms with E-state index in [0.29, 0.717) is 42.1 Å². The van der Waals surface area contributed by atoms with E-state index in [0.717, 1.165) is 45.3 Å². The van der Waals surface area contributed by atoms with Gasteiger partial charge in [0.25, 0.3) is 0 Å². The standard InChI is InChI=1S/C37H63NO4.CH2N4/c1-22(2)25(6)32(7)16-17-34(9)26-12-13-28-33(8)19-41-21-37(28,27(26)14-15-35(34,10)29(32)31(39)40)18-24(5)30(33)42-20-36(11,38)23(3)4;1-2-4-5-3-1/h14,22-26,28-30H,12-13,15-21,38H2,1-11H3,(H,39,40);1H,(H,2,3,4,5)/t24-,25-,26+,28+,29-,30+,32-,33+,34-,35+,36?,37+;/m1./s1. The second-order valence-electron chi connectivity index (χ2n) is 18.5. The summed E-state index contributed by atoms with van der Waals surface area (Å²) in [6.45, 7) is 27.4. The van der Waals surface area contributed by atoms with Crippen LogP contribution in [0.4, 0.5) is 0 Å². The first-order valence-electron chi connectivity index (χ1n) is 18.4. The first-order valence-corrected chi connectivity index (χ1v) is 18.4. The van der Waals surface area contributed by atoms with Crippen LogP contribution in [0.15, 0.2) is 18.0 Å². The van der Waals surface area contributed by atoms with Crippen molar-refractivity contribution in [1.82, 2.24) is 20.6 Å². The van der Waals surface area contributed by atoms with Crippen molar-refractivity contribution in [2.45, 2.75) is 126 Å². The third kappa shape index (κ3) is 5.53. The molecule has 2 heterocycles. The lowest BCUT2D eigenvalue weighted by Crippen LogP contribution is -2.69. The highest BCUT2D eigenvalue weighted by molar-refractivity contribution is 5.73. The Morgan fingerprint density at radius 3 is 2.38 bits per heavy atom. The number of aliphatic carboxylic acids is 1. The number of fused-ring (bicyclic) bond motifs is 3. The summed E-state index contributed by atoms with van der Waals surface area (Å²) in [7, 11) is 0. The highest BCUT2D eigenvalue weighted by Gasteiger charge is 2.71. The number of rotatable bonds is 7. The van der Waals surface area contributed by atoms with Gasteiger partial charge in [-0.05, 0) is 97.2 Å². The van der Waals surface area contributed by atoms with Crippen molar-refractivity contribution in [3.05, 3.63) is 18.0 Å². The summed E-state index contributed by atoms with van der Waals surface area (Å²) >= 11 is 0. The van der Waals surface area contributed by atoms with Crippen LogP contribution in [0.2, 0.25) is 0 Å². The Bertz CT molecular complexity index is 1280. The van der Waals surface area contributed by atoms with Gasteiger partial charge in [0, 0.05) is 16.4 Å². The van der Waals surface area contributed by atoms with E-state index in [1.165, 1.54) is 12.7 Å². The first-order chi connectivity index (χ1) is 21.8. The number of allylic oxidation sites excluding steroid dienone is 1. The van der Waals surface area contributed by atoms with Gasteiger partial charge in [-0.3, -0.25) is 4.79 Å². The lowest BCUT2D eigenvalue weighted by molar-refractivity contribution is -0.253. The number of hydrogen-bond acceptors (Lipinski definition) is 7. The lowest BCUT2D eigenvalue weighted by Gasteiger charge is -2.71. The Kier molecular flexibility index (Phi) is 9.68. The molecule has 1 aromatic heterocycles. The van der Waals surface area contributed by atoms with Gasteiger partial charge in [-0.2, -0.15) is 5.21 Å². The number of carboxylic acids is 1. The smallest absolute Gasteiger partial charge is 0.307 e. The highest BCUT2D eigenvalue weighted by Crippen LogP contribution is 2.75. The van der Waals surface area contributed by atoms with Crippen LogP contribution >= 0.6 is 0 Å². The van der Waals surface area contributed by atoms with Gasteiger partial charge < -0.3 is 20.3 Å². The van der Waals surface area contributed by atoms with E-state index in [2.05, 4.69) is 103 Å². The molecule has 266 valence electrons. The van der Waals surface area contributed by atoms with Gasteiger partial charge >= 0.3 is 5.97 Å². The summed E-state index contributed by atoms with van der Waals surface area (Å²) in [4.78, 5) is 13.3. The van der Waals surface area contributed by atoms with Crippen LogP contribution in [0.5, 0.6) is 0 Å². The number of nitrogens with one attached hydrogen (secondary N) is 1. The van der Waals surface area contributed by atoms with Gasteiger partial charge in [-0.15, -0.1) is 10.2 Å². The van der Waals surface area contributed by atoms with Gasteiger partial charge in [-0.1, -0.05) is 86.1 Å². The molecule has 9 heteroatoms. The largest absolute Gasteiger partial charge is 0.481 e. The summed E-state index contributed by atoms with van der Waals surface area (Å²) in [5.74, 6) is 1.57. The monoisotopic (exact) mass is 656 g/mol. The fourth-order valence-corrected chi connectivity index (χ4v) is 11.9. The Morgan fingerprint density at radius 2 is 1.83 bits per heavy atom. The predicted molar refractivity (Wildman–Crippen MR) is 184 cm³/mol. The summed E-state index contributed by atoms with van der Waals surface area (Å²) in [5, 5.41) is 23.1. The average molecular weight is 656 g/mol. The number of H-pyrrole nitrogens is 1. The van der Waals surface area contributed by atoms with E-state index < -0.39 is 5.97 Å². The van der Waals surface area contributed by atoms with Crippen LogP contribution in [-0.2, 0) is 14.3 Å². The Morgan fingerprint density at radius 1 is 1.13 bits per heavy atom. The maximum atomic E-state index is 13.3. The summed E-state index contributed by atoms with van der Waals surface area (Å²) in [5.41, 5.74) is 7.38. The minimum atomic E-state index is -0.588. The number of ether oxygens (including phenoxy) is 2. The fourth-order valence-electron chi connectivity index (χ4n) is 11.9. The van der Waals surface area contributed by atoms with Crippen LogP contribution in [-0.4, -0.2) is 63.2 Å². The molecule has 1 saturated heterocycles. The van der Waals surface area contributed by atoms with E-state index in [1.54, 1.807) is 5.57 Å². The van der Waals surface area contributed by atoms with Gasteiger partial charge in [-0.25, -0.2) is 0 Å². The molecule has 4 N–H and O–H groups in total. The van der Waals surface area contributed by atoms with Gasteiger partial charge in [0.15, 0.2) is 6.33 Å². The zero-order valence-corrected chi connectivity index (χ0v) is 31.2. The molecule has 47 heavy (non-hydrogen) atoms. The van der Waals surface area contributed by atoms with Crippen molar-refractivity contribution >= 4 is 5.97 Å². The molecule has 1 aliphatic heterocycles. The molecule has 5 aliphatic rings. The van der Waals surface area contributed by atoms with Crippen molar-refractivity contribution in [3.63, 3.8) is 0 Å². The van der Waals surface area contributed by atoms with Crippen molar-refractivity contribution in [2.24, 2.45) is 74.2 Å². The molecule has 1 aromatic rings. The summed E-state index contributed by atoms with van der Waals surface area (Å²) < 4.78 is 13.4. The molecular weight excluding hydrogens is 590 g/mol. The second kappa shape index (κ2) is 12.5. The van der Waals surface area contributed by atoms with E-state index in [1.807, 2.05) is 0 Å². The lowest BCUT2D eigenvalue weighted by atomic mass is 9.34. The molecular formula is C38H65N5O4. The van der Waals surface area contributed by atoms with Gasteiger partial charge in [0.1, 0.15) is 0 Å². The van der Waals surface area contributed by atoms with E-state index >= 15 is 0 Å². The number of nitrogens with zero attached hydrogens (tertiary/aromatic N) is 3. The van der Waals surface area contributed by atoms with Gasteiger partial charge in [0.05, 0.1) is 31.8 Å². The van der Waals surface area contributed by atoms with Gasteiger partial charge in [0.2, 0.25) is 0 Å². The average Bonchev–Trinajstić information content (AvgIpc) is 3.57. The van der Waals surface area contributed by atoms with E-state index in [-0.39, 0.29) is 44.6 Å². The molecule has 2 bridgehead atoms. The molecule has 12 atom stereocenters. The number of nitrogens with two attached hydrogens (primary N) is 1. The van der Waals surface area contributed by atoms with Crippen molar-refractivity contribution in [2.75, 3.05) is 19.8 Å². The van der Waals surface area contributed by atoms with E-state index in [4.69, 9.17) is 15.2 Å². The maximum absolute atomic E-state index is 13.3. The second-order valence-corrected chi connectivity index (χ2v) is 18.5. The maximum Gasteiger partial charge on any atom is 0.307 e. The molecule has 1 unspecified atom stereocenters. The van der Waals surface area contributed by atoms with Crippen LogP contribution in [0.1, 0.15) is 115 Å². The molecule has 4 fully saturated rings. The first kappa shape index (κ1) is 36.4. The Balaban J connectivity index is 0.000000792. The predicted octanol–water partition coefficient (Wildman–Crippen LogP) is 7.17. The third-order valence-corrected chi connectivity index (χ3v) is 15.5. The number of hydrogen-bond donors (Lipinski definition) is 3. The van der Waals surface area contributed by atoms with E-state index in [9.17, 15) is 9.90 Å². The Hall–Kier alpha value is -1.84. The minimum Gasteiger partial charge on any atom is -0.481 e. The molecule has 0 spiro atoms. The fraction of sp³-hybridized carbons (Fsp3) is 0.895. The molecule has 9 nitrogen and oxygen atoms in total. The number of aromatic amines is 1. The zero-order valence-electron chi connectivity index (χ0n) is 31.2. The zero-order chi connectivity index (χ0) is 34.8. The minimum absolute atomic E-state index is 0.0221. The van der Waals surface area contributed by atoms with Crippen LogP contribution < -0.4 is 5.73 Å². The molecule has 0 radical (unpaired) electrons. The molecule has 3 saturated carbocycles. The number of carbonyl (C=O) groups is 1. The SMILES string of the molecule is CC(C)[C@@H](C)[C@@]1(C)CC[C@]2(C)[C@H]3CC[C@@H]4[C@@]5(COC[C@]4(C)[C@@H](OCC(C)(N)C(C)C)[C@H](C)C5)C3=CC[C@@]2(C)[C@@H]1C(=O)O.c1nn[nH]n1. The third-order valence-electron chi connectivity index (χ3n) is 15.5. The number of tetrazole rings is 1. The van der Waals surface area contributed by atoms with Crippen molar-refractivity contribution in [3.8, 4) is 0 Å². The number of carboxylic acid groups (broad SMARTS) is 1. The normalized spacial score (nSPS) is 44.6. The Labute approximate surface area is 284 Å². The van der Waals surface area contributed by atoms with Crippen LogP contribution in [0, 0.1) is 68.5 Å². The highest BCUT2D eigenvalue weighted by atomic mass is 16.5. The van der Waals surface area contributed by atoms with Crippen LogP contribution in [0.3, 0.4) is 0 Å².